The van der Waals surface area contributed by atoms with Gasteiger partial charge in [-0.1, -0.05) is 26.0 Å². The summed E-state index contributed by atoms with van der Waals surface area (Å²) in [7, 11) is 0. The largest absolute Gasteiger partial charge is 0.278 e. The first kappa shape index (κ1) is 14.5. The first-order valence-electron chi connectivity index (χ1n) is 6.51. The molecule has 4 heteroatoms. The van der Waals surface area contributed by atoms with Crippen molar-refractivity contribution in [3.8, 4) is 0 Å². The van der Waals surface area contributed by atoms with E-state index in [1.54, 1.807) is 6.07 Å². The monoisotopic (exact) mass is 371 g/mol. The summed E-state index contributed by atoms with van der Waals surface area (Å²) in [5.74, 6) is 0.527. The molecule has 1 fully saturated rings. The van der Waals surface area contributed by atoms with Crippen LogP contribution in [0.3, 0.4) is 0 Å². The second-order valence-corrected chi connectivity index (χ2v) is 6.53. The number of halogens is 1. The lowest BCUT2D eigenvalue weighted by Crippen LogP contribution is -2.33. The highest BCUT2D eigenvalue weighted by molar-refractivity contribution is 14.1. The van der Waals surface area contributed by atoms with Gasteiger partial charge in [0.25, 0.3) is 5.91 Å². The third kappa shape index (κ3) is 2.83. The van der Waals surface area contributed by atoms with Gasteiger partial charge in [0.2, 0.25) is 5.91 Å². The first-order valence-corrected chi connectivity index (χ1v) is 7.59. The normalized spacial score (nSPS) is 19.3. The Morgan fingerprint density at radius 1 is 1.42 bits per heavy atom. The highest BCUT2D eigenvalue weighted by Gasteiger charge is 2.36. The summed E-state index contributed by atoms with van der Waals surface area (Å²) in [5, 5.41) is 0. The van der Waals surface area contributed by atoms with E-state index in [4.69, 9.17) is 0 Å². The quantitative estimate of drug-likeness (QED) is 0.591. The van der Waals surface area contributed by atoms with E-state index < -0.39 is 0 Å². The van der Waals surface area contributed by atoms with Gasteiger partial charge in [-0.05, 0) is 53.0 Å². The van der Waals surface area contributed by atoms with E-state index in [1.807, 2.05) is 19.1 Å². The lowest BCUT2D eigenvalue weighted by Gasteiger charge is -2.17. The van der Waals surface area contributed by atoms with Crippen molar-refractivity contribution in [2.75, 3.05) is 6.54 Å². The molecule has 1 unspecified atom stereocenters. The molecular formula is C15H18INO2. The number of likely N-dealkylation sites (tertiary alicyclic amines) is 1. The maximum Gasteiger partial charge on any atom is 0.261 e. The van der Waals surface area contributed by atoms with Crippen molar-refractivity contribution in [1.29, 1.82) is 0 Å². The van der Waals surface area contributed by atoms with Crippen LogP contribution >= 0.6 is 22.6 Å². The molecule has 1 aliphatic heterocycles. The lowest BCUT2D eigenvalue weighted by atomic mass is 9.95. The van der Waals surface area contributed by atoms with Crippen LogP contribution in [0.25, 0.3) is 0 Å². The maximum absolute atomic E-state index is 12.5. The molecule has 0 aromatic heterocycles. The molecule has 1 aromatic carbocycles. The zero-order valence-corrected chi connectivity index (χ0v) is 13.6. The van der Waals surface area contributed by atoms with E-state index in [2.05, 4.69) is 36.4 Å². The molecule has 0 saturated carbocycles. The molecule has 0 radical (unpaired) electrons. The summed E-state index contributed by atoms with van der Waals surface area (Å²) >= 11 is 2.17. The summed E-state index contributed by atoms with van der Waals surface area (Å²) in [6.45, 7) is 6.73. The van der Waals surface area contributed by atoms with Crippen LogP contribution in [0.1, 0.15) is 36.2 Å². The van der Waals surface area contributed by atoms with E-state index in [0.29, 0.717) is 30.4 Å². The second-order valence-electron chi connectivity index (χ2n) is 5.45. The maximum atomic E-state index is 12.5. The van der Waals surface area contributed by atoms with Crippen LogP contribution < -0.4 is 0 Å². The van der Waals surface area contributed by atoms with Crippen LogP contribution in [0.5, 0.6) is 0 Å². The van der Waals surface area contributed by atoms with Gasteiger partial charge in [-0.15, -0.1) is 0 Å². The van der Waals surface area contributed by atoms with E-state index in [1.165, 1.54) is 4.90 Å². The van der Waals surface area contributed by atoms with Crippen molar-refractivity contribution >= 4 is 34.4 Å². The third-order valence-electron chi connectivity index (χ3n) is 3.77. The number of nitrogens with zero attached hydrogens (tertiary/aromatic N) is 1. The average molecular weight is 371 g/mol. The minimum Gasteiger partial charge on any atom is -0.278 e. The van der Waals surface area contributed by atoms with Crippen LogP contribution in [0.2, 0.25) is 0 Å². The predicted molar refractivity (Wildman–Crippen MR) is 82.9 cm³/mol. The number of hydrogen-bond acceptors (Lipinski definition) is 2. The lowest BCUT2D eigenvalue weighted by molar-refractivity contribution is -0.125. The number of hydrogen-bond donors (Lipinski definition) is 0. The van der Waals surface area contributed by atoms with Crippen molar-refractivity contribution in [2.24, 2.45) is 11.8 Å². The van der Waals surface area contributed by atoms with E-state index in [0.717, 1.165) is 9.13 Å². The first-order chi connectivity index (χ1) is 8.91. The second kappa shape index (κ2) is 5.61. The van der Waals surface area contributed by atoms with Crippen molar-refractivity contribution < 1.29 is 9.59 Å². The fourth-order valence-electron chi connectivity index (χ4n) is 2.34. The van der Waals surface area contributed by atoms with Crippen LogP contribution in [-0.4, -0.2) is 23.3 Å². The zero-order valence-electron chi connectivity index (χ0n) is 11.4. The Hall–Kier alpha value is -0.910. The summed E-state index contributed by atoms with van der Waals surface area (Å²) in [6, 6.07) is 5.64. The molecule has 0 bridgehead atoms. The molecule has 1 aliphatic rings. The fraction of sp³-hybridized carbons (Fsp3) is 0.467. The van der Waals surface area contributed by atoms with Crippen molar-refractivity contribution in [3.05, 3.63) is 32.9 Å². The molecule has 1 heterocycles. The minimum atomic E-state index is -0.152. The third-order valence-corrected chi connectivity index (χ3v) is 5.20. The van der Waals surface area contributed by atoms with Crippen LogP contribution in [0.4, 0.5) is 0 Å². The topological polar surface area (TPSA) is 37.4 Å². The Kier molecular flexibility index (Phi) is 4.28. The summed E-state index contributed by atoms with van der Waals surface area (Å²) < 4.78 is 0.936. The Balaban J connectivity index is 2.25. The van der Waals surface area contributed by atoms with Crippen LogP contribution in [-0.2, 0) is 4.79 Å². The number of aryl methyl sites for hydroxylation is 1. The molecule has 102 valence electrons. The van der Waals surface area contributed by atoms with Crippen molar-refractivity contribution in [3.63, 3.8) is 0 Å². The molecule has 1 atom stereocenters. The smallest absolute Gasteiger partial charge is 0.261 e. The Morgan fingerprint density at radius 2 is 2.11 bits per heavy atom. The molecule has 0 spiro atoms. The van der Waals surface area contributed by atoms with E-state index in [9.17, 15) is 9.59 Å². The van der Waals surface area contributed by atoms with E-state index in [-0.39, 0.29) is 11.8 Å². The number of carbonyl (C=O) groups is 2. The number of rotatable bonds is 2. The van der Waals surface area contributed by atoms with Gasteiger partial charge in [-0.2, -0.15) is 0 Å². The molecule has 0 N–H and O–H groups in total. The van der Waals surface area contributed by atoms with Gasteiger partial charge in [0.05, 0.1) is 5.56 Å². The number of benzene rings is 1. The Morgan fingerprint density at radius 3 is 2.68 bits per heavy atom. The van der Waals surface area contributed by atoms with Gasteiger partial charge >= 0.3 is 0 Å². The molecule has 0 aliphatic carbocycles. The summed E-state index contributed by atoms with van der Waals surface area (Å²) in [5.41, 5.74) is 1.71. The molecule has 1 aromatic rings. The zero-order chi connectivity index (χ0) is 14.2. The van der Waals surface area contributed by atoms with E-state index >= 15 is 0 Å². The Labute approximate surface area is 127 Å². The molecule has 1 saturated heterocycles. The van der Waals surface area contributed by atoms with Gasteiger partial charge in [0, 0.05) is 16.5 Å². The minimum absolute atomic E-state index is 0.0407. The van der Waals surface area contributed by atoms with Gasteiger partial charge in [-0.3, -0.25) is 14.5 Å². The number of amides is 2. The Bertz CT molecular complexity index is 525. The molecule has 19 heavy (non-hydrogen) atoms. The van der Waals surface area contributed by atoms with Crippen molar-refractivity contribution in [1.82, 2.24) is 4.90 Å². The van der Waals surface area contributed by atoms with Gasteiger partial charge in [-0.25, -0.2) is 0 Å². The highest BCUT2D eigenvalue weighted by atomic mass is 127. The number of imide groups is 1. The SMILES string of the molecule is Cc1cccc(C(=O)N2CC(C(C)C)CC2=O)c1I. The van der Waals surface area contributed by atoms with Crippen LogP contribution in [0.15, 0.2) is 18.2 Å². The van der Waals surface area contributed by atoms with Gasteiger partial charge < -0.3 is 0 Å². The van der Waals surface area contributed by atoms with Crippen molar-refractivity contribution in [2.45, 2.75) is 27.2 Å². The molecular weight excluding hydrogens is 353 g/mol. The predicted octanol–water partition coefficient (Wildman–Crippen LogP) is 3.24. The average Bonchev–Trinajstić information content (AvgIpc) is 2.74. The highest BCUT2D eigenvalue weighted by Crippen LogP contribution is 2.27. The number of carbonyl (C=O) groups excluding carboxylic acids is 2. The van der Waals surface area contributed by atoms with Crippen LogP contribution in [0, 0.1) is 22.3 Å². The standard InChI is InChI=1S/C15H18INO2/c1-9(2)11-7-13(18)17(8-11)15(19)12-6-4-5-10(3)14(12)16/h4-6,9,11H,7-8H2,1-3H3. The molecule has 2 rings (SSSR count). The fourth-order valence-corrected chi connectivity index (χ4v) is 2.93. The summed E-state index contributed by atoms with van der Waals surface area (Å²) in [6.07, 6.45) is 0.492. The molecule has 2 amide bonds. The summed E-state index contributed by atoms with van der Waals surface area (Å²) in [4.78, 5) is 25.9. The molecule has 3 nitrogen and oxygen atoms in total. The van der Waals surface area contributed by atoms with Gasteiger partial charge in [0.15, 0.2) is 0 Å². The van der Waals surface area contributed by atoms with Gasteiger partial charge in [0.1, 0.15) is 0 Å².